The molecule has 138 valence electrons. The third-order valence-corrected chi connectivity index (χ3v) is 4.78. The van der Waals surface area contributed by atoms with Crippen LogP contribution in [0, 0.1) is 5.41 Å². The molecule has 2 rings (SSSR count). The van der Waals surface area contributed by atoms with E-state index in [1.807, 2.05) is 19.9 Å². The van der Waals surface area contributed by atoms with Crippen LogP contribution in [0.2, 0.25) is 0 Å². The lowest BCUT2D eigenvalue weighted by atomic mass is 9.93. The highest BCUT2D eigenvalue weighted by atomic mass is 35.5. The van der Waals surface area contributed by atoms with Crippen LogP contribution in [0.5, 0.6) is 0 Å². The average Bonchev–Trinajstić information content (AvgIpc) is 2.86. The standard InChI is InChI=1S/C17H23N3O3S.ClH/c1-17(2,10-18)11-19(3)15(22)13-6-4-5-12(7-13)8-20-14(21)9-24-16(20)23;/h4-7H,8-11,18H2,1-3H3;1H. The molecule has 0 unspecified atom stereocenters. The molecule has 1 aromatic carbocycles. The van der Waals surface area contributed by atoms with Crippen molar-refractivity contribution in [2.45, 2.75) is 20.4 Å². The molecule has 1 heterocycles. The zero-order valence-electron chi connectivity index (χ0n) is 14.7. The van der Waals surface area contributed by atoms with Gasteiger partial charge < -0.3 is 10.6 Å². The van der Waals surface area contributed by atoms with E-state index in [1.165, 1.54) is 4.90 Å². The van der Waals surface area contributed by atoms with Gasteiger partial charge in [-0.05, 0) is 29.7 Å². The van der Waals surface area contributed by atoms with Crippen LogP contribution in [0.3, 0.4) is 0 Å². The van der Waals surface area contributed by atoms with Crippen LogP contribution >= 0.6 is 24.2 Å². The Balaban J connectivity index is 0.00000312. The minimum atomic E-state index is -0.237. The van der Waals surface area contributed by atoms with Gasteiger partial charge in [0, 0.05) is 19.2 Å². The summed E-state index contributed by atoms with van der Waals surface area (Å²) < 4.78 is 0. The Labute approximate surface area is 158 Å². The van der Waals surface area contributed by atoms with Gasteiger partial charge in [-0.3, -0.25) is 19.3 Å². The zero-order valence-corrected chi connectivity index (χ0v) is 16.3. The highest BCUT2D eigenvalue weighted by Crippen LogP contribution is 2.22. The first kappa shape index (κ1) is 21.5. The largest absolute Gasteiger partial charge is 0.341 e. The molecule has 2 N–H and O–H groups in total. The number of rotatable bonds is 6. The van der Waals surface area contributed by atoms with Gasteiger partial charge in [-0.2, -0.15) is 0 Å². The summed E-state index contributed by atoms with van der Waals surface area (Å²) in [5.41, 5.74) is 6.86. The molecule has 0 aromatic heterocycles. The third-order valence-electron chi connectivity index (χ3n) is 3.92. The molecule has 1 aliphatic heterocycles. The van der Waals surface area contributed by atoms with E-state index in [-0.39, 0.29) is 47.2 Å². The van der Waals surface area contributed by atoms with Gasteiger partial charge in [0.1, 0.15) is 0 Å². The number of imide groups is 1. The van der Waals surface area contributed by atoms with Crippen molar-refractivity contribution in [1.82, 2.24) is 9.80 Å². The van der Waals surface area contributed by atoms with Gasteiger partial charge in [0.2, 0.25) is 5.91 Å². The highest BCUT2D eigenvalue weighted by molar-refractivity contribution is 8.14. The number of hydrogen-bond acceptors (Lipinski definition) is 5. The number of nitrogens with two attached hydrogens (primary N) is 1. The van der Waals surface area contributed by atoms with E-state index in [4.69, 9.17) is 5.73 Å². The summed E-state index contributed by atoms with van der Waals surface area (Å²) in [6.45, 7) is 5.25. The molecule has 1 saturated heterocycles. The van der Waals surface area contributed by atoms with E-state index in [0.29, 0.717) is 18.7 Å². The van der Waals surface area contributed by atoms with Crippen molar-refractivity contribution in [3.05, 3.63) is 35.4 Å². The molecule has 1 fully saturated rings. The van der Waals surface area contributed by atoms with Gasteiger partial charge >= 0.3 is 0 Å². The van der Waals surface area contributed by atoms with E-state index in [0.717, 1.165) is 17.3 Å². The summed E-state index contributed by atoms with van der Waals surface area (Å²) >= 11 is 1.01. The Hall–Kier alpha value is -1.57. The number of thioether (sulfide) groups is 1. The summed E-state index contributed by atoms with van der Waals surface area (Å²) in [5, 5.41) is -0.237. The van der Waals surface area contributed by atoms with E-state index in [1.54, 1.807) is 30.1 Å². The quantitative estimate of drug-likeness (QED) is 0.812. The first-order valence-corrected chi connectivity index (χ1v) is 8.74. The van der Waals surface area contributed by atoms with Crippen LogP contribution in [-0.4, -0.2) is 52.7 Å². The molecule has 25 heavy (non-hydrogen) atoms. The van der Waals surface area contributed by atoms with Crippen molar-refractivity contribution in [2.75, 3.05) is 25.9 Å². The summed E-state index contributed by atoms with van der Waals surface area (Å²) in [6, 6.07) is 7.05. The number of nitrogens with zero attached hydrogens (tertiary/aromatic N) is 2. The van der Waals surface area contributed by atoms with E-state index >= 15 is 0 Å². The molecular formula is C17H24ClN3O3S. The second kappa shape index (κ2) is 8.69. The maximum atomic E-state index is 12.6. The summed E-state index contributed by atoms with van der Waals surface area (Å²) in [7, 11) is 1.75. The van der Waals surface area contributed by atoms with Crippen LogP contribution < -0.4 is 5.73 Å². The molecule has 8 heteroatoms. The average molecular weight is 386 g/mol. The Morgan fingerprint density at radius 3 is 2.60 bits per heavy atom. The van der Waals surface area contributed by atoms with Crippen molar-refractivity contribution < 1.29 is 14.4 Å². The van der Waals surface area contributed by atoms with Gasteiger partial charge in [-0.15, -0.1) is 12.4 Å². The molecule has 1 aliphatic rings. The number of carbonyl (C=O) groups is 3. The molecule has 0 atom stereocenters. The second-order valence-corrected chi connectivity index (χ2v) is 7.69. The van der Waals surface area contributed by atoms with Gasteiger partial charge in [-0.1, -0.05) is 37.7 Å². The third kappa shape index (κ3) is 5.45. The normalized spacial score (nSPS) is 14.5. The van der Waals surface area contributed by atoms with Crippen LogP contribution in [0.25, 0.3) is 0 Å². The predicted molar refractivity (Wildman–Crippen MR) is 102 cm³/mol. The molecule has 0 aliphatic carbocycles. The van der Waals surface area contributed by atoms with Gasteiger partial charge in [0.15, 0.2) is 0 Å². The van der Waals surface area contributed by atoms with Crippen molar-refractivity contribution in [3.63, 3.8) is 0 Å². The Kier molecular flexibility index (Phi) is 7.46. The first-order valence-electron chi connectivity index (χ1n) is 7.75. The minimum Gasteiger partial charge on any atom is -0.341 e. The molecule has 0 saturated carbocycles. The molecular weight excluding hydrogens is 362 g/mol. The lowest BCUT2D eigenvalue weighted by molar-refractivity contribution is -0.125. The number of halogens is 1. The smallest absolute Gasteiger partial charge is 0.289 e. The van der Waals surface area contributed by atoms with E-state index in [9.17, 15) is 14.4 Å². The predicted octanol–water partition coefficient (Wildman–Crippen LogP) is 2.36. The number of hydrogen-bond donors (Lipinski definition) is 1. The second-order valence-electron chi connectivity index (χ2n) is 6.76. The first-order chi connectivity index (χ1) is 11.2. The molecule has 1 aromatic rings. The van der Waals surface area contributed by atoms with Crippen molar-refractivity contribution in [3.8, 4) is 0 Å². The molecule has 0 spiro atoms. The zero-order chi connectivity index (χ0) is 17.9. The minimum absolute atomic E-state index is 0. The lowest BCUT2D eigenvalue weighted by Gasteiger charge is -2.29. The number of benzene rings is 1. The summed E-state index contributed by atoms with van der Waals surface area (Å²) in [4.78, 5) is 38.8. The summed E-state index contributed by atoms with van der Waals surface area (Å²) in [6.07, 6.45) is 0. The van der Waals surface area contributed by atoms with Crippen molar-refractivity contribution in [2.24, 2.45) is 11.1 Å². The SMILES string of the molecule is CN(CC(C)(C)CN)C(=O)c1cccc(CN2C(=O)CSC2=O)c1.Cl. The van der Waals surface area contributed by atoms with Crippen LogP contribution in [0.15, 0.2) is 24.3 Å². The Morgan fingerprint density at radius 1 is 1.36 bits per heavy atom. The van der Waals surface area contributed by atoms with Gasteiger partial charge in [-0.25, -0.2) is 0 Å². The van der Waals surface area contributed by atoms with Crippen molar-refractivity contribution >= 4 is 41.2 Å². The maximum Gasteiger partial charge on any atom is 0.289 e. The Morgan fingerprint density at radius 2 is 2.04 bits per heavy atom. The van der Waals surface area contributed by atoms with Gasteiger partial charge in [0.25, 0.3) is 11.1 Å². The molecule has 0 bridgehead atoms. The molecule has 0 radical (unpaired) electrons. The fourth-order valence-electron chi connectivity index (χ4n) is 2.52. The lowest BCUT2D eigenvalue weighted by Crippen LogP contribution is -2.39. The van der Waals surface area contributed by atoms with Crippen LogP contribution in [-0.2, 0) is 11.3 Å². The number of carbonyl (C=O) groups excluding carboxylic acids is 3. The topological polar surface area (TPSA) is 83.7 Å². The number of amides is 3. The monoisotopic (exact) mass is 385 g/mol. The highest BCUT2D eigenvalue weighted by Gasteiger charge is 2.30. The van der Waals surface area contributed by atoms with Crippen molar-refractivity contribution in [1.29, 1.82) is 0 Å². The van der Waals surface area contributed by atoms with E-state index < -0.39 is 0 Å². The Bertz CT molecular complexity index is 650. The van der Waals surface area contributed by atoms with Crippen LogP contribution in [0.1, 0.15) is 29.8 Å². The maximum absolute atomic E-state index is 12.6. The molecule has 6 nitrogen and oxygen atoms in total. The fraction of sp³-hybridized carbons (Fsp3) is 0.471. The molecule has 3 amide bonds. The van der Waals surface area contributed by atoms with Crippen LogP contribution in [0.4, 0.5) is 4.79 Å². The summed E-state index contributed by atoms with van der Waals surface area (Å²) in [5.74, 6) is -0.107. The van der Waals surface area contributed by atoms with E-state index in [2.05, 4.69) is 0 Å². The van der Waals surface area contributed by atoms with Gasteiger partial charge in [0.05, 0.1) is 12.3 Å². The fourth-order valence-corrected chi connectivity index (χ4v) is 3.24.